The molecule has 0 saturated heterocycles. The predicted molar refractivity (Wildman–Crippen MR) is 90.0 cm³/mol. The first-order chi connectivity index (χ1) is 10.8. The second-order valence-electron chi connectivity index (χ2n) is 4.53. The van der Waals surface area contributed by atoms with Crippen molar-refractivity contribution >= 4 is 43.5 Å². The van der Waals surface area contributed by atoms with Gasteiger partial charge in [0.25, 0.3) is 5.91 Å². The van der Waals surface area contributed by atoms with Gasteiger partial charge in [0.05, 0.1) is 18.4 Å². The van der Waals surface area contributed by atoms with E-state index in [0.29, 0.717) is 15.8 Å². The highest BCUT2D eigenvalue weighted by Crippen LogP contribution is 2.22. The summed E-state index contributed by atoms with van der Waals surface area (Å²) in [5, 5.41) is 0.260. The second-order valence-corrected chi connectivity index (χ2v) is 7.49. The number of sulfonamides is 1. The summed E-state index contributed by atoms with van der Waals surface area (Å²) in [4.78, 5) is 16.0. The monoisotopic (exact) mass is 418 g/mol. The van der Waals surface area contributed by atoms with Crippen LogP contribution in [0.15, 0.2) is 41.0 Å². The molecular formula is C14H12BrClN2O4S. The van der Waals surface area contributed by atoms with Gasteiger partial charge in [-0.15, -0.1) is 0 Å². The van der Waals surface area contributed by atoms with Gasteiger partial charge in [-0.2, -0.15) is 0 Å². The van der Waals surface area contributed by atoms with E-state index >= 15 is 0 Å². The molecule has 0 unspecified atom stereocenters. The Hall–Kier alpha value is -1.64. The first-order valence-electron chi connectivity index (χ1n) is 6.29. The zero-order valence-electron chi connectivity index (χ0n) is 11.9. The van der Waals surface area contributed by atoms with Crippen LogP contribution < -0.4 is 9.46 Å². The second kappa shape index (κ2) is 7.29. The number of ether oxygens (including phenoxy) is 1. The minimum absolute atomic E-state index is 0.155. The third-order valence-electron chi connectivity index (χ3n) is 2.81. The molecule has 23 heavy (non-hydrogen) atoms. The molecule has 0 radical (unpaired) electrons. The van der Waals surface area contributed by atoms with Gasteiger partial charge in [0, 0.05) is 10.7 Å². The van der Waals surface area contributed by atoms with Crippen molar-refractivity contribution < 1.29 is 17.9 Å². The van der Waals surface area contributed by atoms with Crippen molar-refractivity contribution in [2.75, 3.05) is 7.11 Å². The molecule has 6 nitrogen and oxygen atoms in total. The van der Waals surface area contributed by atoms with E-state index in [0.717, 1.165) is 0 Å². The third-order valence-corrected chi connectivity index (χ3v) is 4.94. The van der Waals surface area contributed by atoms with E-state index in [1.165, 1.54) is 31.5 Å². The number of rotatable bonds is 5. The number of halogens is 2. The van der Waals surface area contributed by atoms with E-state index in [4.69, 9.17) is 16.3 Å². The summed E-state index contributed by atoms with van der Waals surface area (Å²) in [6, 6.07) is 7.70. The predicted octanol–water partition coefficient (Wildman–Crippen LogP) is 2.77. The summed E-state index contributed by atoms with van der Waals surface area (Å²) in [6.45, 7) is 0. The van der Waals surface area contributed by atoms with Crippen LogP contribution in [0.25, 0.3) is 0 Å². The molecule has 0 bridgehead atoms. The smallest absolute Gasteiger partial charge is 0.266 e. The minimum Gasteiger partial charge on any atom is -0.497 e. The first kappa shape index (κ1) is 17.7. The van der Waals surface area contributed by atoms with Gasteiger partial charge in [-0.1, -0.05) is 17.7 Å². The summed E-state index contributed by atoms with van der Waals surface area (Å²) in [6.07, 6.45) is 1.34. The molecule has 1 aromatic heterocycles. The maximum absolute atomic E-state index is 12.2. The number of carbonyl (C=O) groups excluding carboxylic acids is 1. The van der Waals surface area contributed by atoms with Gasteiger partial charge in [0.1, 0.15) is 10.9 Å². The first-order valence-corrected chi connectivity index (χ1v) is 9.12. The topological polar surface area (TPSA) is 85.4 Å². The molecule has 1 N–H and O–H groups in total. The lowest BCUT2D eigenvalue weighted by atomic mass is 10.2. The Morgan fingerprint density at radius 2 is 2.09 bits per heavy atom. The van der Waals surface area contributed by atoms with Crippen LogP contribution in [0.3, 0.4) is 0 Å². The van der Waals surface area contributed by atoms with Crippen molar-refractivity contribution in [3.8, 4) is 5.75 Å². The number of nitrogens with zero attached hydrogens (tertiary/aromatic N) is 1. The molecule has 0 aliphatic heterocycles. The summed E-state index contributed by atoms with van der Waals surface area (Å²) in [5.41, 5.74) is 0.571. The Kier molecular flexibility index (Phi) is 5.61. The highest BCUT2D eigenvalue weighted by atomic mass is 79.9. The number of amides is 1. The quantitative estimate of drug-likeness (QED) is 0.753. The molecule has 9 heteroatoms. The molecule has 1 amide bonds. The molecule has 2 rings (SSSR count). The van der Waals surface area contributed by atoms with Crippen molar-refractivity contribution in [3.63, 3.8) is 0 Å². The Bertz CT molecular complexity index is 825. The number of benzene rings is 1. The number of aromatic nitrogens is 1. The van der Waals surface area contributed by atoms with Gasteiger partial charge in [-0.3, -0.25) is 4.79 Å². The molecule has 0 spiro atoms. The third kappa shape index (κ3) is 4.92. The fourth-order valence-electron chi connectivity index (χ4n) is 1.75. The fraction of sp³-hybridized carbons (Fsp3) is 0.143. The molecule has 1 heterocycles. The minimum atomic E-state index is -3.88. The van der Waals surface area contributed by atoms with Crippen LogP contribution >= 0.6 is 27.5 Å². The Morgan fingerprint density at radius 1 is 1.35 bits per heavy atom. The number of methoxy groups -OCH3 is 1. The van der Waals surface area contributed by atoms with Crippen LogP contribution in [0.4, 0.5) is 0 Å². The molecule has 0 aliphatic rings. The number of hydrogen-bond donors (Lipinski definition) is 1. The van der Waals surface area contributed by atoms with Gasteiger partial charge < -0.3 is 4.74 Å². The lowest BCUT2D eigenvalue weighted by Crippen LogP contribution is -2.31. The van der Waals surface area contributed by atoms with E-state index in [1.54, 1.807) is 12.1 Å². The van der Waals surface area contributed by atoms with Gasteiger partial charge in [0.2, 0.25) is 10.0 Å². The summed E-state index contributed by atoms with van der Waals surface area (Å²) < 4.78 is 31.7. The summed E-state index contributed by atoms with van der Waals surface area (Å²) in [5.74, 6) is -0.694. The van der Waals surface area contributed by atoms with Crippen molar-refractivity contribution in [2.24, 2.45) is 0 Å². The molecule has 2 aromatic rings. The number of nitrogens with one attached hydrogen (secondary N) is 1. The van der Waals surface area contributed by atoms with Crippen LogP contribution in [0, 0.1) is 0 Å². The summed E-state index contributed by atoms with van der Waals surface area (Å²) >= 11 is 8.85. The lowest BCUT2D eigenvalue weighted by Gasteiger charge is -2.09. The number of hydrogen-bond acceptors (Lipinski definition) is 5. The van der Waals surface area contributed by atoms with Crippen LogP contribution in [-0.2, 0) is 15.8 Å². The van der Waals surface area contributed by atoms with Gasteiger partial charge in [0.15, 0.2) is 0 Å². The molecule has 0 atom stereocenters. The maximum atomic E-state index is 12.2. The molecule has 0 aliphatic carbocycles. The van der Waals surface area contributed by atoms with Crippen molar-refractivity contribution in [3.05, 3.63) is 57.3 Å². The van der Waals surface area contributed by atoms with E-state index in [2.05, 4.69) is 20.9 Å². The molecule has 0 fully saturated rings. The Morgan fingerprint density at radius 3 is 2.70 bits per heavy atom. The largest absolute Gasteiger partial charge is 0.497 e. The SMILES string of the molecule is COc1ccc(Br)c(C(=O)NS(=O)(=O)Cc2ccc(Cl)nc2)c1. The Labute approximate surface area is 147 Å². The van der Waals surface area contributed by atoms with E-state index in [9.17, 15) is 13.2 Å². The van der Waals surface area contributed by atoms with Gasteiger partial charge in [-0.05, 0) is 45.8 Å². The standard InChI is InChI=1S/C14H12BrClN2O4S/c1-22-10-3-4-12(15)11(6-10)14(19)18-23(20,21)8-9-2-5-13(16)17-7-9/h2-7H,8H2,1H3,(H,18,19). The molecular weight excluding hydrogens is 408 g/mol. The highest BCUT2D eigenvalue weighted by molar-refractivity contribution is 9.10. The zero-order chi connectivity index (χ0) is 17.0. The fourth-order valence-corrected chi connectivity index (χ4v) is 3.36. The zero-order valence-corrected chi connectivity index (χ0v) is 15.1. The normalized spacial score (nSPS) is 11.1. The average molecular weight is 420 g/mol. The van der Waals surface area contributed by atoms with E-state index in [1.807, 2.05) is 4.72 Å². The van der Waals surface area contributed by atoms with E-state index in [-0.39, 0.29) is 16.5 Å². The number of pyridine rings is 1. The summed E-state index contributed by atoms with van der Waals surface area (Å²) in [7, 11) is -2.42. The average Bonchev–Trinajstić information content (AvgIpc) is 2.49. The van der Waals surface area contributed by atoms with Crippen molar-refractivity contribution in [1.29, 1.82) is 0 Å². The van der Waals surface area contributed by atoms with Crippen molar-refractivity contribution in [2.45, 2.75) is 5.75 Å². The highest BCUT2D eigenvalue weighted by Gasteiger charge is 2.19. The molecule has 122 valence electrons. The van der Waals surface area contributed by atoms with Gasteiger partial charge >= 0.3 is 0 Å². The lowest BCUT2D eigenvalue weighted by molar-refractivity contribution is 0.0980. The van der Waals surface area contributed by atoms with E-state index < -0.39 is 15.9 Å². The number of carbonyl (C=O) groups is 1. The maximum Gasteiger partial charge on any atom is 0.266 e. The van der Waals surface area contributed by atoms with Crippen LogP contribution in [-0.4, -0.2) is 26.4 Å². The van der Waals surface area contributed by atoms with Gasteiger partial charge in [-0.25, -0.2) is 18.1 Å². The van der Waals surface area contributed by atoms with Crippen LogP contribution in [0.2, 0.25) is 5.15 Å². The van der Waals surface area contributed by atoms with Crippen LogP contribution in [0.1, 0.15) is 15.9 Å². The molecule has 0 saturated carbocycles. The van der Waals surface area contributed by atoms with Crippen LogP contribution in [0.5, 0.6) is 5.75 Å². The Balaban J connectivity index is 2.16. The van der Waals surface area contributed by atoms with Crippen molar-refractivity contribution in [1.82, 2.24) is 9.71 Å². The molecule has 1 aromatic carbocycles.